The zero-order valence-electron chi connectivity index (χ0n) is 14.7. The van der Waals surface area contributed by atoms with Gasteiger partial charge in [0, 0.05) is 31.4 Å². The molecule has 1 aliphatic heterocycles. The summed E-state index contributed by atoms with van der Waals surface area (Å²) in [6.45, 7) is 4.23. The summed E-state index contributed by atoms with van der Waals surface area (Å²) >= 11 is 0. The van der Waals surface area contributed by atoms with Gasteiger partial charge in [-0.2, -0.15) is 0 Å². The van der Waals surface area contributed by atoms with Crippen molar-refractivity contribution < 1.29 is 4.79 Å². The van der Waals surface area contributed by atoms with Crippen molar-refractivity contribution in [2.24, 2.45) is 11.8 Å². The second-order valence-electron chi connectivity index (χ2n) is 8.03. The molecule has 0 aromatic carbocycles. The highest BCUT2D eigenvalue weighted by molar-refractivity contribution is 5.94. The number of nitrogens with one attached hydrogen (secondary N) is 1. The maximum atomic E-state index is 12.9. The quantitative estimate of drug-likeness (QED) is 0.929. The molecule has 2 saturated carbocycles. The van der Waals surface area contributed by atoms with Gasteiger partial charge in [-0.15, -0.1) is 10.2 Å². The summed E-state index contributed by atoms with van der Waals surface area (Å²) in [5, 5.41) is 11.5. The van der Waals surface area contributed by atoms with Crippen molar-refractivity contribution in [1.82, 2.24) is 24.8 Å². The molecule has 1 saturated heterocycles. The molecule has 2 bridgehead atoms. The number of piperidine rings is 1. The number of fused-ring (bicyclic) bond motifs is 3. The van der Waals surface area contributed by atoms with E-state index in [0.29, 0.717) is 23.4 Å². The van der Waals surface area contributed by atoms with E-state index in [2.05, 4.69) is 20.4 Å². The van der Waals surface area contributed by atoms with Crippen molar-refractivity contribution in [2.45, 2.75) is 51.1 Å². The lowest BCUT2D eigenvalue weighted by molar-refractivity contribution is 0.0389. The van der Waals surface area contributed by atoms with Crippen LogP contribution in [0.15, 0.2) is 18.3 Å². The van der Waals surface area contributed by atoms with Crippen molar-refractivity contribution in [3.05, 3.63) is 29.7 Å². The van der Waals surface area contributed by atoms with Crippen molar-refractivity contribution in [3.8, 4) is 0 Å². The van der Waals surface area contributed by atoms with E-state index < -0.39 is 0 Å². The molecule has 6 heteroatoms. The number of nitrogens with zero attached hydrogens (tertiary/aromatic N) is 4. The Kier molecular flexibility index (Phi) is 3.55. The number of hydrogen-bond donors (Lipinski definition) is 1. The normalized spacial score (nSPS) is 29.7. The molecule has 3 aliphatic rings. The van der Waals surface area contributed by atoms with E-state index in [-0.39, 0.29) is 5.91 Å². The van der Waals surface area contributed by atoms with Gasteiger partial charge in [0.2, 0.25) is 0 Å². The van der Waals surface area contributed by atoms with Crippen LogP contribution in [0.1, 0.15) is 48.3 Å². The third-order valence-corrected chi connectivity index (χ3v) is 6.30. The summed E-state index contributed by atoms with van der Waals surface area (Å²) < 4.78 is 1.88. The van der Waals surface area contributed by atoms with Gasteiger partial charge in [0.25, 0.3) is 5.91 Å². The minimum atomic E-state index is 0.0387. The molecule has 2 aromatic rings. The lowest BCUT2D eigenvalue weighted by atomic mass is 9.73. The molecule has 3 heterocycles. The number of carbonyl (C=O) groups excluding carboxylic acids is 1. The van der Waals surface area contributed by atoms with E-state index in [1.165, 1.54) is 32.1 Å². The number of aryl methyl sites for hydroxylation is 1. The number of aromatic nitrogens is 3. The Labute approximate surface area is 147 Å². The van der Waals surface area contributed by atoms with Gasteiger partial charge >= 0.3 is 0 Å². The Morgan fingerprint density at radius 3 is 2.60 bits per heavy atom. The number of likely N-dealkylation sites (tertiary alicyclic amines) is 1. The maximum Gasteiger partial charge on any atom is 0.253 e. The molecular weight excluding hydrogens is 314 g/mol. The molecule has 1 N–H and O–H groups in total. The molecule has 2 aliphatic carbocycles. The van der Waals surface area contributed by atoms with Gasteiger partial charge in [0.15, 0.2) is 5.65 Å². The van der Waals surface area contributed by atoms with E-state index >= 15 is 0 Å². The molecule has 0 radical (unpaired) electrons. The predicted octanol–water partition coefficient (Wildman–Crippen LogP) is 2.03. The van der Waals surface area contributed by atoms with E-state index in [0.717, 1.165) is 30.6 Å². The van der Waals surface area contributed by atoms with Crippen LogP contribution in [0.2, 0.25) is 0 Å². The third-order valence-electron chi connectivity index (χ3n) is 6.30. The van der Waals surface area contributed by atoms with Crippen LogP contribution in [0.3, 0.4) is 0 Å². The second kappa shape index (κ2) is 5.80. The Balaban J connectivity index is 1.34. The second-order valence-corrected chi connectivity index (χ2v) is 8.03. The Hall–Kier alpha value is -1.95. The molecule has 6 nitrogen and oxygen atoms in total. The van der Waals surface area contributed by atoms with Gasteiger partial charge in [-0.25, -0.2) is 0 Å². The van der Waals surface area contributed by atoms with Gasteiger partial charge in [0.1, 0.15) is 5.82 Å². The molecule has 1 amide bonds. The van der Waals surface area contributed by atoms with Gasteiger partial charge < -0.3 is 5.32 Å². The lowest BCUT2D eigenvalue weighted by Gasteiger charge is -2.47. The summed E-state index contributed by atoms with van der Waals surface area (Å²) in [5.74, 6) is 2.06. The fourth-order valence-corrected chi connectivity index (χ4v) is 4.82. The predicted molar refractivity (Wildman–Crippen MR) is 94.4 cm³/mol. The molecule has 25 heavy (non-hydrogen) atoms. The molecule has 5 rings (SSSR count). The molecule has 2 aromatic heterocycles. The van der Waals surface area contributed by atoms with Crippen LogP contribution in [0.5, 0.6) is 0 Å². The number of carbonyl (C=O) groups is 1. The topological polar surface area (TPSA) is 62.5 Å². The van der Waals surface area contributed by atoms with Crippen LogP contribution >= 0.6 is 0 Å². The molecular formula is C19H25N5O. The first-order valence-electron chi connectivity index (χ1n) is 9.55. The van der Waals surface area contributed by atoms with E-state index in [1.54, 1.807) is 0 Å². The minimum Gasteiger partial charge on any atom is -0.349 e. The fourth-order valence-electron chi connectivity index (χ4n) is 4.82. The summed E-state index contributed by atoms with van der Waals surface area (Å²) in [7, 11) is 0. The van der Waals surface area contributed by atoms with Crippen LogP contribution in [0.25, 0.3) is 5.65 Å². The number of rotatable bonds is 3. The lowest BCUT2D eigenvalue weighted by Crippen LogP contribution is -2.58. The van der Waals surface area contributed by atoms with Crippen molar-refractivity contribution in [1.29, 1.82) is 0 Å². The minimum absolute atomic E-state index is 0.0387. The fraction of sp³-hybridized carbons (Fsp3) is 0.632. The molecule has 3 fully saturated rings. The first-order chi connectivity index (χ1) is 12.2. The first-order valence-corrected chi connectivity index (χ1v) is 9.55. The van der Waals surface area contributed by atoms with Crippen LogP contribution < -0.4 is 5.32 Å². The maximum absolute atomic E-state index is 12.9. The smallest absolute Gasteiger partial charge is 0.253 e. The molecule has 0 spiro atoms. The monoisotopic (exact) mass is 339 g/mol. The average molecular weight is 339 g/mol. The Morgan fingerprint density at radius 2 is 1.88 bits per heavy atom. The highest BCUT2D eigenvalue weighted by atomic mass is 16.1. The number of hydrogen-bond acceptors (Lipinski definition) is 4. The SMILES string of the molecule is Cc1nnc2ccc(C(=O)NC3[C@H]4CCC[C@H]3CN(C3CC3)C4)cn12. The summed E-state index contributed by atoms with van der Waals surface area (Å²) in [6, 6.07) is 4.88. The zero-order valence-corrected chi connectivity index (χ0v) is 14.7. The Morgan fingerprint density at radius 1 is 1.12 bits per heavy atom. The van der Waals surface area contributed by atoms with E-state index in [1.807, 2.05) is 29.7 Å². The van der Waals surface area contributed by atoms with Gasteiger partial charge in [0.05, 0.1) is 5.56 Å². The van der Waals surface area contributed by atoms with Crippen molar-refractivity contribution in [3.63, 3.8) is 0 Å². The number of pyridine rings is 1. The van der Waals surface area contributed by atoms with Gasteiger partial charge in [-0.05, 0) is 56.6 Å². The highest BCUT2D eigenvalue weighted by Gasteiger charge is 2.43. The molecule has 132 valence electrons. The summed E-state index contributed by atoms with van der Waals surface area (Å²) in [5.41, 5.74) is 1.47. The number of amides is 1. The van der Waals surface area contributed by atoms with Crippen LogP contribution in [-0.4, -0.2) is 50.6 Å². The first kappa shape index (κ1) is 15.3. The van der Waals surface area contributed by atoms with E-state index in [9.17, 15) is 4.79 Å². The largest absolute Gasteiger partial charge is 0.349 e. The van der Waals surface area contributed by atoms with Crippen LogP contribution in [-0.2, 0) is 0 Å². The highest BCUT2D eigenvalue weighted by Crippen LogP contribution is 2.39. The van der Waals surface area contributed by atoms with Gasteiger partial charge in [-0.3, -0.25) is 14.1 Å². The zero-order chi connectivity index (χ0) is 17.0. The third kappa shape index (κ3) is 2.72. The van der Waals surface area contributed by atoms with Crippen molar-refractivity contribution >= 4 is 11.6 Å². The standard InChI is InChI=1S/C19H25N5O/c1-12-21-22-17-8-5-15(11-24(12)17)19(25)20-18-13-3-2-4-14(18)10-23(9-13)16-6-7-16/h5,8,11,13-14,16,18H,2-4,6-7,9-10H2,1H3,(H,20,25)/t13-,14-/m0/s1. The van der Waals surface area contributed by atoms with Crippen LogP contribution in [0, 0.1) is 18.8 Å². The molecule has 2 atom stereocenters. The average Bonchev–Trinajstić information content (AvgIpc) is 3.38. The summed E-state index contributed by atoms with van der Waals surface area (Å²) in [4.78, 5) is 15.6. The van der Waals surface area contributed by atoms with E-state index in [4.69, 9.17) is 0 Å². The Bertz CT molecular complexity index is 797. The summed E-state index contributed by atoms with van der Waals surface area (Å²) in [6.07, 6.45) is 8.40. The van der Waals surface area contributed by atoms with Gasteiger partial charge in [-0.1, -0.05) is 6.42 Å². The molecule has 0 unspecified atom stereocenters. The van der Waals surface area contributed by atoms with Crippen molar-refractivity contribution in [2.75, 3.05) is 13.1 Å². The van der Waals surface area contributed by atoms with Crippen LogP contribution in [0.4, 0.5) is 0 Å².